The molecular weight excluding hydrogens is 350 g/mol. The number of ether oxygens (including phenoxy) is 2. The van der Waals surface area contributed by atoms with E-state index in [0.29, 0.717) is 22.9 Å². The lowest BCUT2D eigenvalue weighted by atomic mass is 10.2. The number of carbonyl (C=O) groups excluding carboxylic acids is 3. The SMILES string of the molecule is COc1ccc(CNC(=O)C(=O)Nc2cccc(NC(C)=O)c2)cc1OC. The molecule has 3 amide bonds. The molecule has 0 radical (unpaired) electrons. The third-order valence-corrected chi connectivity index (χ3v) is 3.55. The predicted octanol–water partition coefficient (Wildman–Crippen LogP) is 1.92. The maximum absolute atomic E-state index is 12.0. The van der Waals surface area contributed by atoms with Gasteiger partial charge in [0.1, 0.15) is 0 Å². The van der Waals surface area contributed by atoms with Gasteiger partial charge in [-0.3, -0.25) is 14.4 Å². The van der Waals surface area contributed by atoms with E-state index in [1.807, 2.05) is 0 Å². The molecule has 3 N–H and O–H groups in total. The Labute approximate surface area is 156 Å². The molecule has 0 unspecified atom stereocenters. The summed E-state index contributed by atoms with van der Waals surface area (Å²) in [6, 6.07) is 11.7. The van der Waals surface area contributed by atoms with Crippen molar-refractivity contribution in [2.75, 3.05) is 24.9 Å². The molecule has 8 heteroatoms. The van der Waals surface area contributed by atoms with E-state index in [-0.39, 0.29) is 12.5 Å². The molecule has 0 atom stereocenters. The summed E-state index contributed by atoms with van der Waals surface area (Å²) in [5.74, 6) is -0.718. The van der Waals surface area contributed by atoms with Gasteiger partial charge in [0.2, 0.25) is 5.91 Å². The Morgan fingerprint density at radius 1 is 0.852 bits per heavy atom. The van der Waals surface area contributed by atoms with Gasteiger partial charge in [-0.1, -0.05) is 12.1 Å². The van der Waals surface area contributed by atoms with Gasteiger partial charge in [0.15, 0.2) is 11.5 Å². The van der Waals surface area contributed by atoms with Crippen LogP contribution in [-0.2, 0) is 20.9 Å². The van der Waals surface area contributed by atoms with Crippen molar-refractivity contribution in [1.82, 2.24) is 5.32 Å². The van der Waals surface area contributed by atoms with Crippen LogP contribution in [0.2, 0.25) is 0 Å². The number of hydrogen-bond acceptors (Lipinski definition) is 5. The molecule has 27 heavy (non-hydrogen) atoms. The fraction of sp³-hybridized carbons (Fsp3) is 0.211. The largest absolute Gasteiger partial charge is 0.493 e. The minimum absolute atomic E-state index is 0.151. The van der Waals surface area contributed by atoms with Crippen molar-refractivity contribution in [3.05, 3.63) is 48.0 Å². The first-order valence-corrected chi connectivity index (χ1v) is 8.10. The highest BCUT2D eigenvalue weighted by atomic mass is 16.5. The van der Waals surface area contributed by atoms with E-state index < -0.39 is 11.8 Å². The molecule has 0 aliphatic carbocycles. The Balaban J connectivity index is 1.94. The Morgan fingerprint density at radius 2 is 1.52 bits per heavy atom. The average Bonchev–Trinajstić information content (AvgIpc) is 2.65. The van der Waals surface area contributed by atoms with Crippen molar-refractivity contribution in [3.63, 3.8) is 0 Å². The van der Waals surface area contributed by atoms with Crippen LogP contribution in [0.25, 0.3) is 0 Å². The first-order chi connectivity index (χ1) is 12.9. The smallest absolute Gasteiger partial charge is 0.313 e. The molecule has 0 aliphatic heterocycles. The summed E-state index contributed by atoms with van der Waals surface area (Å²) >= 11 is 0. The van der Waals surface area contributed by atoms with Crippen molar-refractivity contribution in [2.24, 2.45) is 0 Å². The van der Waals surface area contributed by atoms with E-state index in [9.17, 15) is 14.4 Å². The van der Waals surface area contributed by atoms with Gasteiger partial charge in [-0.15, -0.1) is 0 Å². The standard InChI is InChI=1S/C19H21N3O5/c1-12(23)21-14-5-4-6-15(10-14)22-19(25)18(24)20-11-13-7-8-16(26-2)17(9-13)27-3/h4-10H,11H2,1-3H3,(H,20,24)(H,21,23)(H,22,25). The van der Waals surface area contributed by atoms with Crippen LogP contribution in [0.1, 0.15) is 12.5 Å². The second kappa shape index (κ2) is 9.23. The third kappa shape index (κ3) is 5.74. The van der Waals surface area contributed by atoms with Gasteiger partial charge < -0.3 is 25.4 Å². The van der Waals surface area contributed by atoms with E-state index in [2.05, 4.69) is 16.0 Å². The molecule has 2 aromatic rings. The number of benzene rings is 2. The Morgan fingerprint density at radius 3 is 2.15 bits per heavy atom. The summed E-state index contributed by atoms with van der Waals surface area (Å²) in [7, 11) is 3.05. The van der Waals surface area contributed by atoms with Crippen LogP contribution < -0.4 is 25.4 Å². The van der Waals surface area contributed by atoms with Gasteiger partial charge in [0, 0.05) is 24.8 Å². The highest BCUT2D eigenvalue weighted by Gasteiger charge is 2.14. The topological polar surface area (TPSA) is 106 Å². The summed E-state index contributed by atoms with van der Waals surface area (Å²) in [6.07, 6.45) is 0. The fourth-order valence-electron chi connectivity index (χ4n) is 2.32. The lowest BCUT2D eigenvalue weighted by Crippen LogP contribution is -2.34. The molecule has 0 fully saturated rings. The molecular formula is C19H21N3O5. The molecule has 2 aromatic carbocycles. The zero-order valence-corrected chi connectivity index (χ0v) is 15.3. The second-order valence-corrected chi connectivity index (χ2v) is 5.59. The number of rotatable bonds is 6. The third-order valence-electron chi connectivity index (χ3n) is 3.55. The minimum Gasteiger partial charge on any atom is -0.493 e. The summed E-state index contributed by atoms with van der Waals surface area (Å²) in [5, 5.41) is 7.62. The van der Waals surface area contributed by atoms with E-state index in [4.69, 9.17) is 9.47 Å². The summed E-state index contributed by atoms with van der Waals surface area (Å²) in [4.78, 5) is 35.1. The van der Waals surface area contributed by atoms with Gasteiger partial charge >= 0.3 is 11.8 Å². The van der Waals surface area contributed by atoms with E-state index in [1.54, 1.807) is 42.5 Å². The van der Waals surface area contributed by atoms with E-state index in [1.165, 1.54) is 21.1 Å². The normalized spacial score (nSPS) is 9.89. The van der Waals surface area contributed by atoms with Crippen LogP contribution >= 0.6 is 0 Å². The summed E-state index contributed by atoms with van der Waals surface area (Å²) < 4.78 is 10.4. The number of hydrogen-bond donors (Lipinski definition) is 3. The van der Waals surface area contributed by atoms with Crippen LogP contribution in [-0.4, -0.2) is 31.9 Å². The quantitative estimate of drug-likeness (QED) is 0.673. The maximum Gasteiger partial charge on any atom is 0.313 e. The summed E-state index contributed by atoms with van der Waals surface area (Å²) in [5.41, 5.74) is 1.67. The molecule has 0 saturated heterocycles. The molecule has 142 valence electrons. The number of anilines is 2. The van der Waals surface area contributed by atoms with Crippen LogP contribution in [0.15, 0.2) is 42.5 Å². The van der Waals surface area contributed by atoms with E-state index in [0.717, 1.165) is 5.56 Å². The lowest BCUT2D eigenvalue weighted by molar-refractivity contribution is -0.136. The minimum atomic E-state index is -0.810. The monoisotopic (exact) mass is 371 g/mol. The molecule has 0 heterocycles. The van der Waals surface area contributed by atoms with Crippen molar-refractivity contribution in [2.45, 2.75) is 13.5 Å². The Hall–Kier alpha value is -3.55. The zero-order valence-electron chi connectivity index (χ0n) is 15.3. The van der Waals surface area contributed by atoms with Crippen LogP contribution in [0.3, 0.4) is 0 Å². The first-order valence-electron chi connectivity index (χ1n) is 8.10. The van der Waals surface area contributed by atoms with Crippen molar-refractivity contribution < 1.29 is 23.9 Å². The average molecular weight is 371 g/mol. The Bertz CT molecular complexity index is 851. The Kier molecular flexibility index (Phi) is 6.76. The van der Waals surface area contributed by atoms with Crippen LogP contribution in [0.4, 0.5) is 11.4 Å². The zero-order chi connectivity index (χ0) is 19.8. The van der Waals surface area contributed by atoms with Gasteiger partial charge in [0.05, 0.1) is 14.2 Å². The van der Waals surface area contributed by atoms with Gasteiger partial charge in [-0.05, 0) is 35.9 Å². The van der Waals surface area contributed by atoms with Crippen molar-refractivity contribution in [3.8, 4) is 11.5 Å². The molecule has 8 nitrogen and oxygen atoms in total. The first kappa shape index (κ1) is 19.8. The number of carbonyl (C=O) groups is 3. The van der Waals surface area contributed by atoms with Crippen molar-refractivity contribution >= 4 is 29.1 Å². The molecule has 0 bridgehead atoms. The molecule has 0 spiro atoms. The maximum atomic E-state index is 12.0. The number of nitrogens with one attached hydrogen (secondary N) is 3. The predicted molar refractivity (Wildman–Crippen MR) is 101 cm³/mol. The lowest BCUT2D eigenvalue weighted by Gasteiger charge is -2.11. The molecule has 0 saturated carbocycles. The fourth-order valence-corrected chi connectivity index (χ4v) is 2.32. The molecule has 0 aromatic heterocycles. The van der Waals surface area contributed by atoms with Gasteiger partial charge in [-0.25, -0.2) is 0 Å². The molecule has 2 rings (SSSR count). The van der Waals surface area contributed by atoms with E-state index >= 15 is 0 Å². The van der Waals surface area contributed by atoms with Crippen LogP contribution in [0, 0.1) is 0 Å². The number of methoxy groups -OCH3 is 2. The second-order valence-electron chi connectivity index (χ2n) is 5.59. The van der Waals surface area contributed by atoms with Gasteiger partial charge in [-0.2, -0.15) is 0 Å². The number of amides is 3. The highest BCUT2D eigenvalue weighted by Crippen LogP contribution is 2.27. The summed E-state index contributed by atoms with van der Waals surface area (Å²) in [6.45, 7) is 1.53. The molecule has 0 aliphatic rings. The van der Waals surface area contributed by atoms with Crippen molar-refractivity contribution in [1.29, 1.82) is 0 Å². The highest BCUT2D eigenvalue weighted by molar-refractivity contribution is 6.39. The van der Waals surface area contributed by atoms with Gasteiger partial charge in [0.25, 0.3) is 0 Å². The van der Waals surface area contributed by atoms with Crippen LogP contribution in [0.5, 0.6) is 11.5 Å².